The topological polar surface area (TPSA) is 84.9 Å². The van der Waals surface area contributed by atoms with Crippen molar-refractivity contribution in [3.63, 3.8) is 0 Å². The molecule has 1 N–H and O–H groups in total. The van der Waals surface area contributed by atoms with E-state index in [-0.39, 0.29) is 18.4 Å². The van der Waals surface area contributed by atoms with Crippen LogP contribution in [0.3, 0.4) is 0 Å². The summed E-state index contributed by atoms with van der Waals surface area (Å²) in [4.78, 5) is 13.2. The van der Waals surface area contributed by atoms with Crippen molar-refractivity contribution in [1.82, 2.24) is 9.62 Å². The van der Waals surface area contributed by atoms with Crippen molar-refractivity contribution in [2.24, 2.45) is 5.92 Å². The van der Waals surface area contributed by atoms with E-state index in [1.165, 1.54) is 4.31 Å². The summed E-state index contributed by atoms with van der Waals surface area (Å²) in [7, 11) is -0.478. The number of amides is 1. The molecule has 8 heteroatoms. The lowest BCUT2D eigenvalue weighted by Crippen LogP contribution is -2.46. The van der Waals surface area contributed by atoms with Gasteiger partial charge < -0.3 is 14.8 Å². The summed E-state index contributed by atoms with van der Waals surface area (Å²) in [5.74, 6) is 0.849. The largest absolute Gasteiger partial charge is 0.493 e. The van der Waals surface area contributed by atoms with Gasteiger partial charge in [-0.2, -0.15) is 4.31 Å². The summed E-state index contributed by atoms with van der Waals surface area (Å²) < 4.78 is 38.8. The molecule has 1 amide bonds. The van der Waals surface area contributed by atoms with Crippen molar-refractivity contribution in [3.8, 4) is 11.5 Å². The van der Waals surface area contributed by atoms with Crippen LogP contribution >= 0.6 is 0 Å². The third-order valence-electron chi connectivity index (χ3n) is 6.12. The third kappa shape index (κ3) is 5.68. The zero-order valence-electron chi connectivity index (χ0n) is 20.1. The molecule has 1 fully saturated rings. The number of carbonyl (C=O) groups excluding carboxylic acids is 1. The molecular weight excluding hydrogens is 440 g/mol. The number of rotatable bonds is 8. The number of aryl methyl sites for hydroxylation is 3. The molecule has 0 saturated carbocycles. The minimum Gasteiger partial charge on any atom is -0.493 e. The molecule has 33 heavy (non-hydrogen) atoms. The van der Waals surface area contributed by atoms with E-state index in [4.69, 9.17) is 9.47 Å². The molecule has 7 nitrogen and oxygen atoms in total. The van der Waals surface area contributed by atoms with E-state index in [9.17, 15) is 13.2 Å². The first-order valence-electron chi connectivity index (χ1n) is 11.2. The zero-order chi connectivity index (χ0) is 24.2. The number of methoxy groups -OCH3 is 2. The third-order valence-corrected chi connectivity index (χ3v) is 8.29. The van der Waals surface area contributed by atoms with Crippen molar-refractivity contribution in [2.45, 2.75) is 44.9 Å². The van der Waals surface area contributed by atoms with E-state index in [1.54, 1.807) is 14.2 Å². The number of nitrogens with zero attached hydrogens (tertiary/aromatic N) is 1. The molecule has 1 saturated heterocycles. The molecule has 0 bridgehead atoms. The Morgan fingerprint density at radius 2 is 1.73 bits per heavy atom. The highest BCUT2D eigenvalue weighted by molar-refractivity contribution is 7.89. The predicted octanol–water partition coefficient (Wildman–Crippen LogP) is 3.39. The molecule has 0 aromatic heterocycles. The van der Waals surface area contributed by atoms with Gasteiger partial charge in [-0.1, -0.05) is 23.8 Å². The molecule has 3 rings (SSSR count). The second kappa shape index (κ2) is 10.6. The molecule has 1 heterocycles. The number of carbonyl (C=O) groups is 1. The first-order valence-corrected chi connectivity index (χ1v) is 12.7. The lowest BCUT2D eigenvalue weighted by Gasteiger charge is -2.32. The van der Waals surface area contributed by atoms with E-state index >= 15 is 0 Å². The smallest absolute Gasteiger partial charge is 0.243 e. The first kappa shape index (κ1) is 25.1. The molecule has 0 unspecified atom stereocenters. The van der Waals surface area contributed by atoms with Crippen molar-refractivity contribution in [1.29, 1.82) is 0 Å². The van der Waals surface area contributed by atoms with Crippen LogP contribution in [0.5, 0.6) is 11.5 Å². The first-order chi connectivity index (χ1) is 15.7. The Bertz CT molecular complexity index is 1090. The number of hydrogen-bond acceptors (Lipinski definition) is 5. The number of hydrogen-bond donors (Lipinski definition) is 1. The van der Waals surface area contributed by atoms with E-state index in [0.717, 1.165) is 22.3 Å². The fraction of sp³-hybridized carbons (Fsp3) is 0.480. The van der Waals surface area contributed by atoms with E-state index in [1.807, 2.05) is 51.1 Å². The van der Waals surface area contributed by atoms with Gasteiger partial charge in [0, 0.05) is 19.6 Å². The SMILES string of the molecule is COc1ccc(CCNC(=O)[C@H]2CCCN(S(=O)(=O)c3c(C)cc(C)cc3C)C2)cc1OC. The monoisotopic (exact) mass is 474 g/mol. The van der Waals surface area contributed by atoms with Crippen LogP contribution in [0.4, 0.5) is 0 Å². The van der Waals surface area contributed by atoms with Crippen LogP contribution in [0.15, 0.2) is 35.2 Å². The standard InChI is InChI=1S/C25H34N2O5S/c1-17-13-18(2)24(19(3)14-17)33(29,30)27-12-6-7-21(16-27)25(28)26-11-10-20-8-9-22(31-4)23(15-20)32-5/h8-9,13-15,21H,6-7,10-12,16H2,1-5H3,(H,26,28)/t21-/m0/s1. The zero-order valence-corrected chi connectivity index (χ0v) is 20.9. The summed E-state index contributed by atoms with van der Waals surface area (Å²) in [6.45, 7) is 6.72. The average Bonchev–Trinajstić information content (AvgIpc) is 2.78. The number of piperidine rings is 1. The van der Waals surface area contributed by atoms with Crippen molar-refractivity contribution in [2.75, 3.05) is 33.9 Å². The molecule has 0 aliphatic carbocycles. The minimum atomic E-state index is -3.66. The summed E-state index contributed by atoms with van der Waals surface area (Å²) in [6.07, 6.45) is 1.99. The molecule has 2 aromatic carbocycles. The molecule has 2 aromatic rings. The van der Waals surface area contributed by atoms with Crippen molar-refractivity contribution in [3.05, 3.63) is 52.6 Å². The Hall–Kier alpha value is -2.58. The Labute approximate surface area is 197 Å². The highest BCUT2D eigenvalue weighted by Gasteiger charge is 2.34. The quantitative estimate of drug-likeness (QED) is 0.634. The normalized spacial score (nSPS) is 16.9. The van der Waals surface area contributed by atoms with Gasteiger partial charge in [0.25, 0.3) is 0 Å². The van der Waals surface area contributed by atoms with Crippen LogP contribution in [0.2, 0.25) is 0 Å². The summed E-state index contributed by atoms with van der Waals surface area (Å²) in [5.41, 5.74) is 3.54. The van der Waals surface area contributed by atoms with Crippen LogP contribution in [-0.2, 0) is 21.2 Å². The molecule has 1 atom stereocenters. The van der Waals surface area contributed by atoms with Crippen LogP contribution in [0.1, 0.15) is 35.1 Å². The molecule has 180 valence electrons. The highest BCUT2D eigenvalue weighted by Crippen LogP contribution is 2.29. The van der Waals surface area contributed by atoms with Crippen molar-refractivity contribution >= 4 is 15.9 Å². The second-order valence-corrected chi connectivity index (χ2v) is 10.5. The maximum atomic E-state index is 13.4. The molecule has 0 spiro atoms. The molecule has 1 aliphatic rings. The van der Waals surface area contributed by atoms with Crippen molar-refractivity contribution < 1.29 is 22.7 Å². The maximum Gasteiger partial charge on any atom is 0.243 e. The van der Waals surface area contributed by atoms with Crippen LogP contribution < -0.4 is 14.8 Å². The van der Waals surface area contributed by atoms with E-state index < -0.39 is 10.0 Å². The maximum absolute atomic E-state index is 13.4. The molecular formula is C25H34N2O5S. The van der Waals surface area contributed by atoms with Gasteiger partial charge in [-0.25, -0.2) is 8.42 Å². The fourth-order valence-corrected chi connectivity index (χ4v) is 6.52. The number of nitrogens with one attached hydrogen (secondary N) is 1. The van der Waals surface area contributed by atoms with Crippen LogP contribution in [0.25, 0.3) is 0 Å². The van der Waals surface area contributed by atoms with Crippen LogP contribution in [-0.4, -0.2) is 52.5 Å². The van der Waals surface area contributed by atoms with Gasteiger partial charge >= 0.3 is 0 Å². The predicted molar refractivity (Wildman–Crippen MR) is 128 cm³/mol. The lowest BCUT2D eigenvalue weighted by molar-refractivity contribution is -0.126. The van der Waals surface area contributed by atoms with E-state index in [0.29, 0.717) is 48.7 Å². The Morgan fingerprint density at radius 1 is 1.06 bits per heavy atom. The van der Waals surface area contributed by atoms with Gasteiger partial charge in [0.15, 0.2) is 11.5 Å². The van der Waals surface area contributed by atoms with Gasteiger partial charge in [-0.05, 0) is 68.9 Å². The Kier molecular flexibility index (Phi) is 8.02. The van der Waals surface area contributed by atoms with Crippen LogP contribution in [0, 0.1) is 26.7 Å². The Morgan fingerprint density at radius 3 is 2.36 bits per heavy atom. The number of benzene rings is 2. The van der Waals surface area contributed by atoms with Gasteiger partial charge in [-0.3, -0.25) is 4.79 Å². The summed E-state index contributed by atoms with van der Waals surface area (Å²) >= 11 is 0. The van der Waals surface area contributed by atoms with E-state index in [2.05, 4.69) is 5.32 Å². The molecule has 0 radical (unpaired) electrons. The summed E-state index contributed by atoms with van der Waals surface area (Å²) in [5, 5.41) is 2.98. The lowest BCUT2D eigenvalue weighted by atomic mass is 9.98. The molecule has 1 aliphatic heterocycles. The number of ether oxygens (including phenoxy) is 2. The van der Waals surface area contributed by atoms with Gasteiger partial charge in [0.05, 0.1) is 25.0 Å². The second-order valence-electron chi connectivity index (χ2n) is 8.66. The van der Waals surface area contributed by atoms with Gasteiger partial charge in [-0.15, -0.1) is 0 Å². The fourth-order valence-electron chi connectivity index (χ4n) is 4.59. The van der Waals surface area contributed by atoms with Gasteiger partial charge in [0.2, 0.25) is 15.9 Å². The number of sulfonamides is 1. The average molecular weight is 475 g/mol. The Balaban J connectivity index is 1.63. The minimum absolute atomic E-state index is 0.104. The van der Waals surface area contributed by atoms with Gasteiger partial charge in [0.1, 0.15) is 0 Å². The highest BCUT2D eigenvalue weighted by atomic mass is 32.2. The summed E-state index contributed by atoms with van der Waals surface area (Å²) in [6, 6.07) is 9.46.